The second-order valence-electron chi connectivity index (χ2n) is 6.58. The lowest BCUT2D eigenvalue weighted by molar-refractivity contribution is -0.132. The van der Waals surface area contributed by atoms with Crippen LogP contribution in [0.25, 0.3) is 0 Å². The fraction of sp³-hybridized carbons (Fsp3) is 0.562. The summed E-state index contributed by atoms with van der Waals surface area (Å²) < 4.78 is 6.58. The summed E-state index contributed by atoms with van der Waals surface area (Å²) in [6.45, 7) is 0.726. The van der Waals surface area contributed by atoms with Crippen molar-refractivity contribution >= 4 is 5.91 Å². The zero-order chi connectivity index (χ0) is 16.0. The molecule has 7 heteroatoms. The van der Waals surface area contributed by atoms with Crippen molar-refractivity contribution in [2.24, 2.45) is 18.9 Å². The Hall–Kier alpha value is -2.31. The molecule has 0 bridgehead atoms. The van der Waals surface area contributed by atoms with Gasteiger partial charge in [-0.1, -0.05) is 0 Å². The number of hydrogen-bond acceptors (Lipinski definition) is 4. The number of hydrogen-bond donors (Lipinski definition) is 1. The Bertz CT molecular complexity index is 757. The molecule has 2 aliphatic rings. The van der Waals surface area contributed by atoms with Gasteiger partial charge in [-0.05, 0) is 42.7 Å². The first kappa shape index (κ1) is 14.3. The Balaban J connectivity index is 1.63. The maximum absolute atomic E-state index is 12.8. The third kappa shape index (κ3) is 2.50. The summed E-state index contributed by atoms with van der Waals surface area (Å²) in [4.78, 5) is 26.4. The van der Waals surface area contributed by atoms with Gasteiger partial charge in [0.05, 0.1) is 25.0 Å². The monoisotopic (exact) mass is 316 g/mol. The number of aromatic amines is 1. The summed E-state index contributed by atoms with van der Waals surface area (Å²) in [7, 11) is 1.71. The molecule has 0 radical (unpaired) electrons. The Morgan fingerprint density at radius 3 is 2.87 bits per heavy atom. The van der Waals surface area contributed by atoms with Crippen LogP contribution in [0.1, 0.15) is 36.7 Å². The van der Waals surface area contributed by atoms with Gasteiger partial charge in [0.25, 0.3) is 0 Å². The Morgan fingerprint density at radius 2 is 2.26 bits per heavy atom. The van der Waals surface area contributed by atoms with Crippen molar-refractivity contribution in [2.45, 2.75) is 31.7 Å². The molecule has 2 unspecified atom stereocenters. The van der Waals surface area contributed by atoms with E-state index >= 15 is 0 Å². The fourth-order valence-corrected chi connectivity index (χ4v) is 3.74. The van der Waals surface area contributed by atoms with Crippen molar-refractivity contribution < 1.29 is 9.21 Å². The molecule has 1 aliphatic carbocycles. The molecule has 2 aromatic rings. The molecule has 2 aromatic heterocycles. The lowest BCUT2D eigenvalue weighted by Crippen LogP contribution is -2.35. The van der Waals surface area contributed by atoms with Crippen LogP contribution >= 0.6 is 0 Å². The van der Waals surface area contributed by atoms with Crippen LogP contribution in [-0.2, 0) is 18.3 Å². The minimum absolute atomic E-state index is 0.0648. The number of amides is 1. The standard InChI is InChI=1S/C16H20N4O3/c1-19-15(17-18-16(19)22)14-12(11-2-3-11)4-6-20(14)13(21)8-10-5-7-23-9-10/h5,7,9,11-12,14H,2-4,6,8H2,1H3,(H,18,22). The smallest absolute Gasteiger partial charge is 0.343 e. The van der Waals surface area contributed by atoms with Gasteiger partial charge < -0.3 is 9.32 Å². The second kappa shape index (κ2) is 5.40. The zero-order valence-electron chi connectivity index (χ0n) is 13.1. The van der Waals surface area contributed by atoms with Crippen molar-refractivity contribution in [3.63, 3.8) is 0 Å². The van der Waals surface area contributed by atoms with Gasteiger partial charge in [0.2, 0.25) is 5.91 Å². The van der Waals surface area contributed by atoms with E-state index < -0.39 is 0 Å². The van der Waals surface area contributed by atoms with Gasteiger partial charge in [-0.25, -0.2) is 9.89 Å². The van der Waals surface area contributed by atoms with Crippen molar-refractivity contribution in [3.05, 3.63) is 40.5 Å². The molecule has 122 valence electrons. The highest BCUT2D eigenvalue weighted by Gasteiger charge is 2.47. The molecule has 2 fully saturated rings. The number of carbonyl (C=O) groups is 1. The van der Waals surface area contributed by atoms with Crippen LogP contribution in [0.3, 0.4) is 0 Å². The number of nitrogens with one attached hydrogen (secondary N) is 1. The van der Waals surface area contributed by atoms with E-state index in [1.807, 2.05) is 11.0 Å². The number of carbonyl (C=O) groups excluding carboxylic acids is 1. The van der Waals surface area contributed by atoms with Crippen molar-refractivity contribution in [2.75, 3.05) is 6.54 Å². The van der Waals surface area contributed by atoms with Gasteiger partial charge in [0, 0.05) is 13.6 Å². The molecule has 2 atom stereocenters. The first-order chi connectivity index (χ1) is 11.1. The maximum atomic E-state index is 12.8. The minimum Gasteiger partial charge on any atom is -0.472 e. The summed E-state index contributed by atoms with van der Waals surface area (Å²) in [5.41, 5.74) is 0.642. The topological polar surface area (TPSA) is 84.1 Å². The summed E-state index contributed by atoms with van der Waals surface area (Å²) >= 11 is 0. The molecule has 1 saturated carbocycles. The highest BCUT2D eigenvalue weighted by Crippen LogP contribution is 2.49. The van der Waals surface area contributed by atoms with Gasteiger partial charge in [0.15, 0.2) is 5.82 Å². The van der Waals surface area contributed by atoms with Crippen LogP contribution in [0.5, 0.6) is 0 Å². The van der Waals surface area contributed by atoms with Crippen LogP contribution in [0.2, 0.25) is 0 Å². The van der Waals surface area contributed by atoms with Crippen molar-refractivity contribution in [1.29, 1.82) is 0 Å². The van der Waals surface area contributed by atoms with E-state index in [0.717, 1.165) is 18.5 Å². The third-order valence-electron chi connectivity index (χ3n) is 5.11. The van der Waals surface area contributed by atoms with Gasteiger partial charge in [-0.2, -0.15) is 5.10 Å². The minimum atomic E-state index is -0.233. The quantitative estimate of drug-likeness (QED) is 0.920. The number of likely N-dealkylation sites (tertiary alicyclic amines) is 1. The summed E-state index contributed by atoms with van der Waals surface area (Å²) in [5.74, 6) is 1.79. The largest absolute Gasteiger partial charge is 0.472 e. The van der Waals surface area contributed by atoms with E-state index in [9.17, 15) is 9.59 Å². The van der Waals surface area contributed by atoms with Gasteiger partial charge in [0.1, 0.15) is 0 Å². The Kier molecular flexibility index (Phi) is 3.36. The van der Waals surface area contributed by atoms with E-state index in [1.54, 1.807) is 19.6 Å². The maximum Gasteiger partial charge on any atom is 0.343 e. The SMILES string of the molecule is Cn1c(C2C(C3CC3)CCN2C(=O)Cc2ccoc2)n[nH]c1=O. The molecule has 4 rings (SSSR count). The molecule has 0 spiro atoms. The highest BCUT2D eigenvalue weighted by molar-refractivity contribution is 5.79. The highest BCUT2D eigenvalue weighted by atomic mass is 16.3. The molecular weight excluding hydrogens is 296 g/mol. The average molecular weight is 316 g/mol. The van der Waals surface area contributed by atoms with Crippen LogP contribution in [0, 0.1) is 11.8 Å². The van der Waals surface area contributed by atoms with E-state index in [1.165, 1.54) is 17.4 Å². The van der Waals surface area contributed by atoms with E-state index in [-0.39, 0.29) is 17.6 Å². The first-order valence-electron chi connectivity index (χ1n) is 8.07. The molecule has 1 aliphatic heterocycles. The predicted molar refractivity (Wildman–Crippen MR) is 81.5 cm³/mol. The van der Waals surface area contributed by atoms with E-state index in [0.29, 0.717) is 24.1 Å². The van der Waals surface area contributed by atoms with E-state index in [4.69, 9.17) is 4.42 Å². The summed E-state index contributed by atoms with van der Waals surface area (Å²) in [6.07, 6.45) is 6.91. The predicted octanol–water partition coefficient (Wildman–Crippen LogP) is 1.24. The number of nitrogens with zero attached hydrogens (tertiary/aromatic N) is 3. The van der Waals surface area contributed by atoms with Gasteiger partial charge in [-0.3, -0.25) is 9.36 Å². The van der Waals surface area contributed by atoms with Gasteiger partial charge in [-0.15, -0.1) is 0 Å². The van der Waals surface area contributed by atoms with Crippen molar-refractivity contribution in [1.82, 2.24) is 19.7 Å². The molecular formula is C16H20N4O3. The molecule has 1 N–H and O–H groups in total. The van der Waals surface area contributed by atoms with Crippen LogP contribution in [-0.4, -0.2) is 32.1 Å². The number of furan rings is 1. The van der Waals surface area contributed by atoms with Crippen molar-refractivity contribution in [3.8, 4) is 0 Å². The third-order valence-corrected chi connectivity index (χ3v) is 5.11. The number of rotatable bonds is 4. The van der Waals surface area contributed by atoms with Gasteiger partial charge >= 0.3 is 5.69 Å². The lowest BCUT2D eigenvalue weighted by atomic mass is 9.94. The Morgan fingerprint density at radius 1 is 1.43 bits per heavy atom. The second-order valence-corrected chi connectivity index (χ2v) is 6.58. The summed E-state index contributed by atoms with van der Waals surface area (Å²) in [6, 6.07) is 1.71. The molecule has 0 aromatic carbocycles. The summed E-state index contributed by atoms with van der Waals surface area (Å²) in [5, 5.41) is 6.70. The molecule has 3 heterocycles. The fourth-order valence-electron chi connectivity index (χ4n) is 3.74. The molecule has 1 amide bonds. The van der Waals surface area contributed by atoms with Crippen LogP contribution in [0.15, 0.2) is 27.8 Å². The molecule has 1 saturated heterocycles. The van der Waals surface area contributed by atoms with Crippen LogP contribution < -0.4 is 5.69 Å². The van der Waals surface area contributed by atoms with E-state index in [2.05, 4.69) is 10.2 Å². The normalized spacial score (nSPS) is 24.3. The molecule has 23 heavy (non-hydrogen) atoms. The molecule has 7 nitrogen and oxygen atoms in total. The van der Waals surface area contributed by atoms with Crippen LogP contribution in [0.4, 0.5) is 0 Å². The first-order valence-corrected chi connectivity index (χ1v) is 8.07. The lowest BCUT2D eigenvalue weighted by Gasteiger charge is -2.27. The Labute approximate surface area is 133 Å². The number of H-pyrrole nitrogens is 1. The zero-order valence-corrected chi connectivity index (χ0v) is 13.1. The number of aromatic nitrogens is 3. The average Bonchev–Trinajstić information content (AvgIpc) is 2.94.